The molecule has 0 unspecified atom stereocenters. The maximum atomic E-state index is 12.1. The number of aromatic nitrogens is 1. The molecule has 0 saturated carbocycles. The van der Waals surface area contributed by atoms with Crippen LogP contribution in [0.15, 0.2) is 53.3 Å². The number of aromatic amines is 1. The summed E-state index contributed by atoms with van der Waals surface area (Å²) in [6.07, 6.45) is 0.610. The smallest absolute Gasteiger partial charge is 0.251 e. The van der Waals surface area contributed by atoms with E-state index in [4.69, 9.17) is 11.6 Å². The minimum Gasteiger partial charge on any atom is -0.326 e. The van der Waals surface area contributed by atoms with Crippen molar-refractivity contribution in [3.63, 3.8) is 0 Å². The first kappa shape index (κ1) is 16.3. The van der Waals surface area contributed by atoms with Crippen molar-refractivity contribution in [2.45, 2.75) is 19.8 Å². The predicted molar refractivity (Wildman–Crippen MR) is 97.7 cm³/mol. The largest absolute Gasteiger partial charge is 0.326 e. The molecular weight excluding hydrogens is 324 g/mol. The Balaban J connectivity index is 1.68. The third-order valence-corrected chi connectivity index (χ3v) is 4.31. The van der Waals surface area contributed by atoms with Crippen LogP contribution in [-0.2, 0) is 11.2 Å². The summed E-state index contributed by atoms with van der Waals surface area (Å²) in [7, 11) is 0. The lowest BCUT2D eigenvalue weighted by molar-refractivity contribution is -0.116. The lowest BCUT2D eigenvalue weighted by atomic mass is 10.1. The number of para-hydroxylation sites is 1. The molecule has 2 aromatic carbocycles. The molecule has 0 saturated heterocycles. The second kappa shape index (κ2) is 6.89. The van der Waals surface area contributed by atoms with Gasteiger partial charge in [0.15, 0.2) is 0 Å². The summed E-state index contributed by atoms with van der Waals surface area (Å²) in [5, 5.41) is 4.37. The molecule has 1 aromatic heterocycles. The van der Waals surface area contributed by atoms with Crippen molar-refractivity contribution in [3.05, 3.63) is 75.0 Å². The first-order chi connectivity index (χ1) is 11.5. The zero-order valence-corrected chi connectivity index (χ0v) is 14.0. The SMILES string of the molecule is Cc1ccc(NC(=O)CCc2cc3ccccc3[nH]c2=O)cc1Cl. The number of halogens is 1. The zero-order chi connectivity index (χ0) is 17.1. The van der Waals surface area contributed by atoms with Crippen molar-refractivity contribution >= 4 is 34.1 Å². The van der Waals surface area contributed by atoms with Gasteiger partial charge in [0.1, 0.15) is 0 Å². The topological polar surface area (TPSA) is 62.0 Å². The van der Waals surface area contributed by atoms with E-state index in [-0.39, 0.29) is 17.9 Å². The molecule has 0 spiro atoms. The average molecular weight is 341 g/mol. The maximum absolute atomic E-state index is 12.1. The van der Waals surface area contributed by atoms with E-state index in [1.54, 1.807) is 6.07 Å². The number of nitrogens with one attached hydrogen (secondary N) is 2. The standard InChI is InChI=1S/C19H17ClN2O2/c1-12-6-8-15(11-16(12)20)21-18(23)9-7-14-10-13-4-2-3-5-17(13)22-19(14)24/h2-6,8,10-11H,7,9H2,1H3,(H,21,23)(H,22,24). The highest BCUT2D eigenvalue weighted by atomic mass is 35.5. The van der Waals surface area contributed by atoms with Gasteiger partial charge in [-0.15, -0.1) is 0 Å². The minimum absolute atomic E-state index is 0.150. The van der Waals surface area contributed by atoms with Crippen LogP contribution in [0.25, 0.3) is 10.9 Å². The molecule has 0 aliphatic rings. The molecule has 4 nitrogen and oxygen atoms in total. The number of pyridine rings is 1. The number of carbonyl (C=O) groups excluding carboxylic acids is 1. The first-order valence-electron chi connectivity index (χ1n) is 7.70. The molecule has 0 radical (unpaired) electrons. The number of aryl methyl sites for hydroxylation is 2. The fourth-order valence-electron chi connectivity index (χ4n) is 2.52. The Kier molecular flexibility index (Phi) is 4.67. The second-order valence-electron chi connectivity index (χ2n) is 5.72. The molecule has 0 bridgehead atoms. The molecule has 24 heavy (non-hydrogen) atoms. The van der Waals surface area contributed by atoms with Crippen molar-refractivity contribution in [3.8, 4) is 0 Å². The summed E-state index contributed by atoms with van der Waals surface area (Å²) < 4.78 is 0. The summed E-state index contributed by atoms with van der Waals surface area (Å²) in [4.78, 5) is 27.0. The monoisotopic (exact) mass is 340 g/mol. The van der Waals surface area contributed by atoms with E-state index in [0.717, 1.165) is 16.5 Å². The number of amides is 1. The zero-order valence-electron chi connectivity index (χ0n) is 13.2. The predicted octanol–water partition coefficient (Wildman–Crippen LogP) is 4.06. The average Bonchev–Trinajstić information content (AvgIpc) is 2.56. The van der Waals surface area contributed by atoms with Crippen LogP contribution in [-0.4, -0.2) is 10.9 Å². The molecule has 3 rings (SSSR count). The lowest BCUT2D eigenvalue weighted by Crippen LogP contribution is -2.17. The van der Waals surface area contributed by atoms with Gasteiger partial charge in [-0.05, 0) is 48.6 Å². The summed E-state index contributed by atoms with van der Waals surface area (Å²) in [5.74, 6) is -0.150. The molecule has 1 amide bonds. The van der Waals surface area contributed by atoms with Crippen molar-refractivity contribution in [1.29, 1.82) is 0 Å². The highest BCUT2D eigenvalue weighted by molar-refractivity contribution is 6.31. The van der Waals surface area contributed by atoms with Gasteiger partial charge in [0.05, 0.1) is 0 Å². The van der Waals surface area contributed by atoms with Crippen LogP contribution in [0.1, 0.15) is 17.5 Å². The Morgan fingerprint density at radius 2 is 1.96 bits per heavy atom. The quantitative estimate of drug-likeness (QED) is 0.752. The van der Waals surface area contributed by atoms with Gasteiger partial charge in [0, 0.05) is 28.2 Å². The summed E-state index contributed by atoms with van der Waals surface area (Å²) in [5.41, 5.74) is 2.86. The van der Waals surface area contributed by atoms with Gasteiger partial charge in [-0.25, -0.2) is 0 Å². The number of anilines is 1. The fourth-order valence-corrected chi connectivity index (χ4v) is 2.70. The van der Waals surface area contributed by atoms with Crippen LogP contribution in [0.4, 0.5) is 5.69 Å². The number of rotatable bonds is 4. The van der Waals surface area contributed by atoms with E-state index in [1.807, 2.05) is 49.4 Å². The van der Waals surface area contributed by atoms with Gasteiger partial charge in [-0.3, -0.25) is 9.59 Å². The van der Waals surface area contributed by atoms with Crippen molar-refractivity contribution in [1.82, 2.24) is 4.98 Å². The van der Waals surface area contributed by atoms with Crippen LogP contribution in [0.2, 0.25) is 5.02 Å². The Bertz CT molecular complexity index is 963. The minimum atomic E-state index is -0.153. The van der Waals surface area contributed by atoms with Gasteiger partial charge in [0.25, 0.3) is 5.56 Å². The van der Waals surface area contributed by atoms with Crippen molar-refractivity contribution < 1.29 is 4.79 Å². The van der Waals surface area contributed by atoms with Crippen LogP contribution in [0.3, 0.4) is 0 Å². The van der Waals surface area contributed by atoms with Gasteiger partial charge in [-0.2, -0.15) is 0 Å². The lowest BCUT2D eigenvalue weighted by Gasteiger charge is -2.07. The van der Waals surface area contributed by atoms with Crippen LogP contribution in [0, 0.1) is 6.92 Å². The summed E-state index contributed by atoms with van der Waals surface area (Å²) >= 11 is 6.05. The van der Waals surface area contributed by atoms with Crippen LogP contribution in [0.5, 0.6) is 0 Å². The van der Waals surface area contributed by atoms with E-state index >= 15 is 0 Å². The van der Waals surface area contributed by atoms with Crippen molar-refractivity contribution in [2.24, 2.45) is 0 Å². The van der Waals surface area contributed by atoms with Gasteiger partial charge in [0.2, 0.25) is 5.91 Å². The number of benzene rings is 2. The number of hydrogen-bond acceptors (Lipinski definition) is 2. The van der Waals surface area contributed by atoms with Gasteiger partial charge >= 0.3 is 0 Å². The van der Waals surface area contributed by atoms with E-state index in [2.05, 4.69) is 10.3 Å². The van der Waals surface area contributed by atoms with E-state index in [1.165, 1.54) is 0 Å². The molecule has 0 fully saturated rings. The Labute approximate surface area is 144 Å². The molecule has 122 valence electrons. The molecule has 5 heteroatoms. The highest BCUT2D eigenvalue weighted by Crippen LogP contribution is 2.20. The first-order valence-corrected chi connectivity index (χ1v) is 8.08. The third-order valence-electron chi connectivity index (χ3n) is 3.91. The number of H-pyrrole nitrogens is 1. The maximum Gasteiger partial charge on any atom is 0.251 e. The van der Waals surface area contributed by atoms with Crippen molar-refractivity contribution in [2.75, 3.05) is 5.32 Å². The molecule has 0 atom stereocenters. The fraction of sp³-hybridized carbons (Fsp3) is 0.158. The Hall–Kier alpha value is -2.59. The van der Waals surface area contributed by atoms with Crippen LogP contribution >= 0.6 is 11.6 Å². The molecule has 2 N–H and O–H groups in total. The van der Waals surface area contributed by atoms with E-state index in [0.29, 0.717) is 22.7 Å². The molecule has 0 aliphatic heterocycles. The number of fused-ring (bicyclic) bond motifs is 1. The Morgan fingerprint density at radius 3 is 2.75 bits per heavy atom. The van der Waals surface area contributed by atoms with Gasteiger partial charge < -0.3 is 10.3 Å². The number of hydrogen-bond donors (Lipinski definition) is 2. The van der Waals surface area contributed by atoms with Crippen LogP contribution < -0.4 is 10.9 Å². The van der Waals surface area contributed by atoms with E-state index < -0.39 is 0 Å². The third kappa shape index (κ3) is 3.66. The molecule has 3 aromatic rings. The second-order valence-corrected chi connectivity index (χ2v) is 6.13. The number of carbonyl (C=O) groups is 1. The molecule has 0 aliphatic carbocycles. The molecular formula is C19H17ClN2O2. The Morgan fingerprint density at radius 1 is 1.17 bits per heavy atom. The summed E-state index contributed by atoms with van der Waals surface area (Å²) in [6.45, 7) is 1.90. The van der Waals surface area contributed by atoms with Gasteiger partial charge in [-0.1, -0.05) is 35.9 Å². The normalized spacial score (nSPS) is 10.8. The van der Waals surface area contributed by atoms with E-state index in [9.17, 15) is 9.59 Å². The highest BCUT2D eigenvalue weighted by Gasteiger charge is 2.08. The summed E-state index contributed by atoms with van der Waals surface area (Å²) in [6, 6.07) is 14.8. The molecule has 1 heterocycles.